The number of nitrogens with zero attached hydrogens (tertiary/aromatic N) is 3. The molecule has 0 radical (unpaired) electrons. The number of nitrogens with one attached hydrogen (secondary N) is 1. The second-order valence-electron chi connectivity index (χ2n) is 3.83. The van der Waals surface area contributed by atoms with E-state index in [-0.39, 0.29) is 5.75 Å². The molecule has 96 valence electrons. The Morgan fingerprint density at radius 3 is 2.78 bits per heavy atom. The minimum Gasteiger partial charge on any atom is -0.496 e. The molecule has 0 bridgehead atoms. The number of rotatable bonds is 4. The Morgan fingerprint density at radius 2 is 2.17 bits per heavy atom. The molecule has 0 fully saturated rings. The Labute approximate surface area is 107 Å². The van der Waals surface area contributed by atoms with E-state index < -0.39 is 10.8 Å². The van der Waals surface area contributed by atoms with Crippen molar-refractivity contribution < 1.29 is 8.95 Å². The lowest BCUT2D eigenvalue weighted by molar-refractivity contribution is 0.407. The van der Waals surface area contributed by atoms with Crippen molar-refractivity contribution >= 4 is 10.8 Å². The first-order valence-electron chi connectivity index (χ1n) is 5.36. The highest BCUT2D eigenvalue weighted by atomic mass is 32.2. The van der Waals surface area contributed by atoms with Gasteiger partial charge in [-0.1, -0.05) is 0 Å². The maximum atomic E-state index is 12.0. The average molecular weight is 266 g/mol. The zero-order chi connectivity index (χ0) is 13.1. The van der Waals surface area contributed by atoms with Crippen molar-refractivity contribution in [1.82, 2.24) is 20.2 Å². The smallest absolute Gasteiger partial charge is 0.214 e. The molecule has 0 amide bonds. The SMILES string of the molecule is COc1c(C)cnc(CS(=O)c2ncn[nH]2)c1C. The summed E-state index contributed by atoms with van der Waals surface area (Å²) >= 11 is 0. The molecule has 1 atom stereocenters. The second-order valence-corrected chi connectivity index (χ2v) is 5.19. The van der Waals surface area contributed by atoms with Crippen LogP contribution in [-0.4, -0.2) is 31.5 Å². The molecule has 2 rings (SSSR count). The maximum absolute atomic E-state index is 12.0. The molecule has 2 aromatic heterocycles. The van der Waals surface area contributed by atoms with Crippen molar-refractivity contribution in [2.75, 3.05) is 7.11 Å². The molecule has 0 aromatic carbocycles. The van der Waals surface area contributed by atoms with E-state index in [9.17, 15) is 4.21 Å². The number of aromatic amines is 1. The van der Waals surface area contributed by atoms with E-state index in [0.717, 1.165) is 22.6 Å². The number of methoxy groups -OCH3 is 1. The number of pyridine rings is 1. The summed E-state index contributed by atoms with van der Waals surface area (Å²) < 4.78 is 17.3. The standard InChI is InChI=1S/C11H14N4O2S/c1-7-4-12-9(8(2)10(7)17-3)5-18(16)11-13-6-14-15-11/h4,6H,5H2,1-3H3,(H,13,14,15). The molecule has 0 saturated carbocycles. The third-order valence-electron chi connectivity index (χ3n) is 2.63. The number of ether oxygens (including phenoxy) is 1. The molecule has 2 aromatic rings. The van der Waals surface area contributed by atoms with Gasteiger partial charge in [0.05, 0.1) is 29.4 Å². The van der Waals surface area contributed by atoms with E-state index in [1.54, 1.807) is 13.3 Å². The molecular weight excluding hydrogens is 252 g/mol. The molecule has 1 N–H and O–H groups in total. The lowest BCUT2D eigenvalue weighted by Gasteiger charge is -2.11. The van der Waals surface area contributed by atoms with Crippen LogP contribution in [0, 0.1) is 13.8 Å². The van der Waals surface area contributed by atoms with Crippen molar-refractivity contribution in [2.24, 2.45) is 0 Å². The first kappa shape index (κ1) is 12.7. The monoisotopic (exact) mass is 266 g/mol. The summed E-state index contributed by atoms with van der Waals surface area (Å²) in [6, 6.07) is 0. The highest BCUT2D eigenvalue weighted by Gasteiger charge is 2.14. The van der Waals surface area contributed by atoms with Gasteiger partial charge in [0, 0.05) is 17.3 Å². The fraction of sp³-hybridized carbons (Fsp3) is 0.364. The zero-order valence-electron chi connectivity index (χ0n) is 10.4. The number of hydrogen-bond acceptors (Lipinski definition) is 5. The Balaban J connectivity index is 2.27. The summed E-state index contributed by atoms with van der Waals surface area (Å²) in [5.41, 5.74) is 2.61. The predicted molar refractivity (Wildman–Crippen MR) is 66.8 cm³/mol. The molecule has 0 aliphatic heterocycles. The van der Waals surface area contributed by atoms with Gasteiger partial charge in [-0.25, -0.2) is 4.98 Å². The van der Waals surface area contributed by atoms with Gasteiger partial charge < -0.3 is 4.74 Å². The molecule has 6 nitrogen and oxygen atoms in total. The molecule has 0 saturated heterocycles. The van der Waals surface area contributed by atoms with Gasteiger partial charge in [0.2, 0.25) is 5.16 Å². The van der Waals surface area contributed by atoms with Crippen molar-refractivity contribution in [3.05, 3.63) is 29.3 Å². The minimum atomic E-state index is -1.28. The molecular formula is C11H14N4O2S. The third kappa shape index (κ3) is 2.40. The van der Waals surface area contributed by atoms with Gasteiger partial charge in [0.25, 0.3) is 0 Å². The van der Waals surface area contributed by atoms with E-state index >= 15 is 0 Å². The fourth-order valence-corrected chi connectivity index (χ4v) is 2.71. The van der Waals surface area contributed by atoms with Crippen LogP contribution >= 0.6 is 0 Å². The fourth-order valence-electron chi connectivity index (χ4n) is 1.71. The van der Waals surface area contributed by atoms with E-state index in [0.29, 0.717) is 5.16 Å². The van der Waals surface area contributed by atoms with Crippen LogP contribution in [0.4, 0.5) is 0 Å². The van der Waals surface area contributed by atoms with Crippen LogP contribution in [0.2, 0.25) is 0 Å². The van der Waals surface area contributed by atoms with Crippen LogP contribution in [0.5, 0.6) is 5.75 Å². The topological polar surface area (TPSA) is 80.8 Å². The maximum Gasteiger partial charge on any atom is 0.214 e. The molecule has 18 heavy (non-hydrogen) atoms. The summed E-state index contributed by atoms with van der Waals surface area (Å²) in [5.74, 6) is 1.08. The quantitative estimate of drug-likeness (QED) is 0.897. The normalized spacial score (nSPS) is 12.4. The van der Waals surface area contributed by atoms with E-state index in [2.05, 4.69) is 20.2 Å². The average Bonchev–Trinajstić information content (AvgIpc) is 2.87. The molecule has 0 spiro atoms. The van der Waals surface area contributed by atoms with E-state index in [1.807, 2.05) is 13.8 Å². The van der Waals surface area contributed by atoms with Crippen LogP contribution in [0.1, 0.15) is 16.8 Å². The van der Waals surface area contributed by atoms with Gasteiger partial charge in [0.15, 0.2) is 0 Å². The Kier molecular flexibility index (Phi) is 3.71. The lowest BCUT2D eigenvalue weighted by atomic mass is 10.1. The van der Waals surface area contributed by atoms with Crippen LogP contribution in [-0.2, 0) is 16.6 Å². The van der Waals surface area contributed by atoms with Gasteiger partial charge in [-0.15, -0.1) is 0 Å². The minimum absolute atomic E-state index is 0.289. The second kappa shape index (κ2) is 5.26. The van der Waals surface area contributed by atoms with Crippen LogP contribution in [0.25, 0.3) is 0 Å². The Bertz CT molecular complexity index is 569. The summed E-state index contributed by atoms with van der Waals surface area (Å²) in [7, 11) is 0.340. The Morgan fingerprint density at radius 1 is 1.39 bits per heavy atom. The van der Waals surface area contributed by atoms with E-state index in [1.165, 1.54) is 6.33 Å². The third-order valence-corrected chi connectivity index (χ3v) is 3.79. The lowest BCUT2D eigenvalue weighted by Crippen LogP contribution is -2.05. The van der Waals surface area contributed by atoms with Gasteiger partial charge in [-0.2, -0.15) is 5.10 Å². The Hall–Kier alpha value is -1.76. The number of hydrogen-bond donors (Lipinski definition) is 1. The van der Waals surface area contributed by atoms with Crippen LogP contribution < -0.4 is 4.74 Å². The highest BCUT2D eigenvalue weighted by molar-refractivity contribution is 7.84. The summed E-state index contributed by atoms with van der Waals surface area (Å²) in [6.07, 6.45) is 3.06. The summed E-state index contributed by atoms with van der Waals surface area (Å²) in [4.78, 5) is 8.18. The molecule has 2 heterocycles. The first-order chi connectivity index (χ1) is 8.63. The van der Waals surface area contributed by atoms with Gasteiger partial charge >= 0.3 is 0 Å². The number of aryl methyl sites for hydroxylation is 1. The number of H-pyrrole nitrogens is 1. The van der Waals surface area contributed by atoms with Crippen molar-refractivity contribution in [2.45, 2.75) is 24.8 Å². The van der Waals surface area contributed by atoms with Crippen molar-refractivity contribution in [3.8, 4) is 5.75 Å². The molecule has 0 aliphatic rings. The largest absolute Gasteiger partial charge is 0.496 e. The summed E-state index contributed by atoms with van der Waals surface area (Å²) in [5, 5.41) is 6.63. The molecule has 1 unspecified atom stereocenters. The van der Waals surface area contributed by atoms with Gasteiger partial charge in [0.1, 0.15) is 12.1 Å². The highest BCUT2D eigenvalue weighted by Crippen LogP contribution is 2.25. The van der Waals surface area contributed by atoms with E-state index in [4.69, 9.17) is 4.74 Å². The predicted octanol–water partition coefficient (Wildman–Crippen LogP) is 1.13. The molecule has 7 heteroatoms. The van der Waals surface area contributed by atoms with Gasteiger partial charge in [-0.05, 0) is 13.8 Å². The van der Waals surface area contributed by atoms with Crippen molar-refractivity contribution in [3.63, 3.8) is 0 Å². The first-order valence-corrected chi connectivity index (χ1v) is 6.68. The summed E-state index contributed by atoms with van der Waals surface area (Å²) in [6.45, 7) is 3.84. The number of aromatic nitrogens is 4. The van der Waals surface area contributed by atoms with Gasteiger partial charge in [-0.3, -0.25) is 14.3 Å². The zero-order valence-corrected chi connectivity index (χ0v) is 11.2. The van der Waals surface area contributed by atoms with Crippen LogP contribution in [0.3, 0.4) is 0 Å². The van der Waals surface area contributed by atoms with Crippen LogP contribution in [0.15, 0.2) is 17.7 Å². The van der Waals surface area contributed by atoms with Crippen molar-refractivity contribution in [1.29, 1.82) is 0 Å². The molecule has 0 aliphatic carbocycles.